The fourth-order valence-electron chi connectivity index (χ4n) is 8.20. The van der Waals surface area contributed by atoms with Gasteiger partial charge in [-0.2, -0.15) is 0 Å². The molecule has 1 aliphatic carbocycles. The second-order valence-electron chi connectivity index (χ2n) is 17.2. The summed E-state index contributed by atoms with van der Waals surface area (Å²) in [4.78, 5) is 52.3. The first-order valence-corrected chi connectivity index (χ1v) is 25.3. The van der Waals surface area contributed by atoms with Gasteiger partial charge < -0.3 is 58.3 Å². The van der Waals surface area contributed by atoms with Crippen molar-refractivity contribution >= 4 is 29.1 Å². The molecule has 1 aliphatic rings. The molecule has 0 spiro atoms. The fraction of sp³-hybridized carbons (Fsp3) is 0.527. The van der Waals surface area contributed by atoms with E-state index in [4.69, 9.17) is 42.9 Å². The lowest BCUT2D eigenvalue weighted by atomic mass is 9.87. The van der Waals surface area contributed by atoms with E-state index >= 15 is 0 Å². The topological polar surface area (TPSA) is 172 Å². The van der Waals surface area contributed by atoms with Crippen LogP contribution >= 0.6 is 0 Å². The van der Waals surface area contributed by atoms with E-state index < -0.39 is 0 Å². The molecule has 0 saturated heterocycles. The molecule has 1 atom stereocenters. The van der Waals surface area contributed by atoms with Crippen molar-refractivity contribution in [2.75, 3.05) is 163 Å². The highest BCUT2D eigenvalue weighted by molar-refractivity contribution is 6.08. The van der Waals surface area contributed by atoms with Crippen LogP contribution in [0.2, 0.25) is 0 Å². The van der Waals surface area contributed by atoms with Crippen molar-refractivity contribution in [2.24, 2.45) is 0 Å². The molecule has 5 rings (SSSR count). The molecule has 2 N–H and O–H groups in total. The number of nitrogens with one attached hydrogen (secondary N) is 2. The SMILES string of the molecule is CCN(CC)c1ccc(NC(=O)c2cccc(C(=O)N(C)CCN(CCOC)CCOCCOCCOCCOCCOCCOCCOC)c2)c(-c2cc(C(=O)NC3CCCc4ccccc43)ccn2)c1. The van der Waals surface area contributed by atoms with Crippen LogP contribution in [0.4, 0.5) is 11.4 Å². The number of hydrogen-bond donors (Lipinski definition) is 2. The van der Waals surface area contributed by atoms with Gasteiger partial charge in [0.25, 0.3) is 17.7 Å². The molecule has 0 aliphatic heterocycles. The first-order valence-electron chi connectivity index (χ1n) is 25.3. The van der Waals surface area contributed by atoms with E-state index in [-0.39, 0.29) is 23.8 Å². The van der Waals surface area contributed by atoms with Crippen LogP contribution in [0.5, 0.6) is 0 Å². The number of aromatic nitrogens is 1. The highest BCUT2D eigenvalue weighted by Gasteiger charge is 2.23. The average Bonchev–Trinajstić information content (AvgIpc) is 3.41. The van der Waals surface area contributed by atoms with Crippen molar-refractivity contribution < 1.29 is 52.3 Å². The number of carbonyl (C=O) groups excluding carboxylic acids is 3. The number of methoxy groups -OCH3 is 2. The summed E-state index contributed by atoms with van der Waals surface area (Å²) >= 11 is 0. The fourth-order valence-corrected chi connectivity index (χ4v) is 8.20. The Bertz CT molecular complexity index is 2210. The number of benzene rings is 3. The van der Waals surface area contributed by atoms with Crippen LogP contribution < -0.4 is 15.5 Å². The van der Waals surface area contributed by atoms with E-state index in [1.54, 1.807) is 68.8 Å². The van der Waals surface area contributed by atoms with E-state index in [1.807, 2.05) is 30.3 Å². The maximum absolute atomic E-state index is 14.0. The number of amides is 3. The normalized spacial score (nSPS) is 13.2. The van der Waals surface area contributed by atoms with E-state index in [0.717, 1.165) is 43.6 Å². The molecule has 1 aromatic heterocycles. The van der Waals surface area contributed by atoms with Crippen LogP contribution in [0.25, 0.3) is 11.3 Å². The molecule has 394 valence electrons. The summed E-state index contributed by atoms with van der Waals surface area (Å²) in [6, 6.07) is 24.3. The van der Waals surface area contributed by atoms with Crippen LogP contribution in [-0.2, 0) is 44.3 Å². The summed E-state index contributed by atoms with van der Waals surface area (Å²) in [5, 5.41) is 6.35. The number of nitrogens with zero attached hydrogens (tertiary/aromatic N) is 4. The van der Waals surface area contributed by atoms with Gasteiger partial charge in [-0.25, -0.2) is 0 Å². The van der Waals surface area contributed by atoms with E-state index in [1.165, 1.54) is 5.56 Å². The van der Waals surface area contributed by atoms with Gasteiger partial charge in [0.15, 0.2) is 0 Å². The van der Waals surface area contributed by atoms with Gasteiger partial charge in [-0.15, -0.1) is 0 Å². The Kier molecular flexibility index (Phi) is 26.7. The standard InChI is InChI=1S/C55H78N6O11/c1-6-61(7-2)47-18-19-51(49(42-47)52-41-45(20-21-56-52)54(63)57-50-17-11-13-43-12-8-9-16-48(43)50)58-53(62)44-14-10-15-46(40-44)55(64)59(3)22-23-60(24-26-65-4)25-27-67-30-31-69-34-35-71-38-39-72-37-36-70-33-32-68-29-28-66-5/h8-10,12,14-16,18-21,40-42,50H,6-7,11,13,17,22-39H2,1-5H3,(H,57,63)(H,58,62). The molecule has 3 amide bonds. The first kappa shape index (κ1) is 57.6. The summed E-state index contributed by atoms with van der Waals surface area (Å²) in [5.41, 5.74) is 6.34. The quantitative estimate of drug-likeness (QED) is 0.0479. The highest BCUT2D eigenvalue weighted by atomic mass is 16.6. The minimum atomic E-state index is -0.380. The van der Waals surface area contributed by atoms with Gasteiger partial charge in [0.1, 0.15) is 0 Å². The van der Waals surface area contributed by atoms with Crippen molar-refractivity contribution in [1.82, 2.24) is 20.1 Å². The van der Waals surface area contributed by atoms with Crippen LogP contribution in [0.15, 0.2) is 85.1 Å². The third-order valence-corrected chi connectivity index (χ3v) is 12.3. The Hall–Kier alpha value is -5.34. The largest absolute Gasteiger partial charge is 0.383 e. The minimum absolute atomic E-state index is 0.0723. The molecular formula is C55H78N6O11. The summed E-state index contributed by atoms with van der Waals surface area (Å²) < 4.78 is 43.6. The Morgan fingerprint density at radius 3 is 1.86 bits per heavy atom. The molecule has 0 bridgehead atoms. The zero-order chi connectivity index (χ0) is 51.2. The predicted octanol–water partition coefficient (Wildman–Crippen LogP) is 6.42. The molecule has 17 heteroatoms. The summed E-state index contributed by atoms with van der Waals surface area (Å²) in [6.45, 7) is 15.1. The highest BCUT2D eigenvalue weighted by Crippen LogP contribution is 2.33. The number of hydrogen-bond acceptors (Lipinski definition) is 14. The summed E-state index contributed by atoms with van der Waals surface area (Å²) in [6.07, 6.45) is 4.51. The number of ether oxygens (including phenoxy) is 8. The molecule has 0 saturated carbocycles. The van der Waals surface area contributed by atoms with Crippen LogP contribution in [-0.4, -0.2) is 186 Å². The van der Waals surface area contributed by atoms with Gasteiger partial charge in [-0.3, -0.25) is 24.3 Å². The maximum Gasteiger partial charge on any atom is 0.255 e. The third kappa shape index (κ3) is 19.6. The molecule has 1 heterocycles. The summed E-state index contributed by atoms with van der Waals surface area (Å²) in [5.74, 6) is -0.768. The van der Waals surface area contributed by atoms with Gasteiger partial charge in [0.05, 0.1) is 110 Å². The second kappa shape index (κ2) is 33.4. The molecule has 4 aromatic rings. The molecule has 3 aromatic carbocycles. The number of aryl methyl sites for hydroxylation is 1. The van der Waals surface area contributed by atoms with Crippen LogP contribution in [0.3, 0.4) is 0 Å². The van der Waals surface area contributed by atoms with E-state index in [0.29, 0.717) is 152 Å². The lowest BCUT2D eigenvalue weighted by molar-refractivity contribution is -0.0198. The van der Waals surface area contributed by atoms with Gasteiger partial charge in [-0.05, 0) is 92.8 Å². The van der Waals surface area contributed by atoms with Gasteiger partial charge in [0.2, 0.25) is 0 Å². The Morgan fingerprint density at radius 2 is 1.21 bits per heavy atom. The summed E-state index contributed by atoms with van der Waals surface area (Å²) in [7, 11) is 5.06. The van der Waals surface area contributed by atoms with Gasteiger partial charge in [0, 0.05) is 94.7 Å². The van der Waals surface area contributed by atoms with E-state index in [9.17, 15) is 14.4 Å². The molecular weight excluding hydrogens is 921 g/mol. The van der Waals surface area contributed by atoms with Gasteiger partial charge in [-0.1, -0.05) is 30.3 Å². The monoisotopic (exact) mass is 999 g/mol. The average molecular weight is 999 g/mol. The van der Waals surface area contributed by atoms with Crippen LogP contribution in [0, 0.1) is 0 Å². The number of pyridine rings is 1. The Labute approximate surface area is 426 Å². The number of anilines is 2. The number of fused-ring (bicyclic) bond motifs is 1. The molecule has 1 unspecified atom stereocenters. The minimum Gasteiger partial charge on any atom is -0.383 e. The molecule has 0 radical (unpaired) electrons. The molecule has 72 heavy (non-hydrogen) atoms. The molecule has 0 fully saturated rings. The van der Waals surface area contributed by atoms with Crippen molar-refractivity contribution in [2.45, 2.75) is 39.2 Å². The lowest BCUT2D eigenvalue weighted by Gasteiger charge is -2.26. The smallest absolute Gasteiger partial charge is 0.255 e. The zero-order valence-electron chi connectivity index (χ0n) is 43.2. The number of likely N-dealkylation sites (N-methyl/N-ethyl adjacent to an activating group) is 1. The molecule has 17 nitrogen and oxygen atoms in total. The van der Waals surface area contributed by atoms with Crippen molar-refractivity contribution in [3.05, 3.63) is 113 Å². The van der Waals surface area contributed by atoms with Crippen molar-refractivity contribution in [3.63, 3.8) is 0 Å². The maximum atomic E-state index is 14.0. The number of rotatable bonds is 36. The van der Waals surface area contributed by atoms with Crippen LogP contribution in [0.1, 0.15) is 74.9 Å². The Morgan fingerprint density at radius 1 is 0.611 bits per heavy atom. The first-order chi connectivity index (χ1) is 35.3. The Balaban J connectivity index is 1.07. The van der Waals surface area contributed by atoms with Crippen molar-refractivity contribution in [1.29, 1.82) is 0 Å². The van der Waals surface area contributed by atoms with Crippen molar-refractivity contribution in [3.8, 4) is 11.3 Å². The lowest BCUT2D eigenvalue weighted by Crippen LogP contribution is -2.39. The third-order valence-electron chi connectivity index (χ3n) is 12.3. The van der Waals surface area contributed by atoms with Gasteiger partial charge >= 0.3 is 0 Å². The van der Waals surface area contributed by atoms with E-state index in [2.05, 4.69) is 46.4 Å². The predicted molar refractivity (Wildman–Crippen MR) is 279 cm³/mol. The second-order valence-corrected chi connectivity index (χ2v) is 17.2. The number of carbonyl (C=O) groups is 3. The zero-order valence-corrected chi connectivity index (χ0v) is 43.2.